The molecular weight excluding hydrogens is 335 g/mol. The van der Waals surface area contributed by atoms with Crippen LogP contribution in [0.25, 0.3) is 0 Å². The number of esters is 2. The van der Waals surface area contributed by atoms with E-state index in [-0.39, 0.29) is 23.6 Å². The zero-order valence-corrected chi connectivity index (χ0v) is 14.3. The molecule has 0 aromatic heterocycles. The smallest absolute Gasteiger partial charge is 0.355 e. The molecule has 1 aliphatic carbocycles. The van der Waals surface area contributed by atoms with Gasteiger partial charge in [-0.15, -0.1) is 0 Å². The van der Waals surface area contributed by atoms with Crippen LogP contribution in [0.1, 0.15) is 38.2 Å². The summed E-state index contributed by atoms with van der Waals surface area (Å²) in [6.07, 6.45) is 2.12. The zero-order valence-electron chi connectivity index (χ0n) is 13.6. The van der Waals surface area contributed by atoms with Gasteiger partial charge in [0.05, 0.1) is 13.0 Å². The molecule has 1 aromatic rings. The molecule has 0 aliphatic heterocycles. The van der Waals surface area contributed by atoms with Gasteiger partial charge in [0.15, 0.2) is 0 Å². The normalized spacial score (nSPS) is 20.5. The first-order valence-corrected chi connectivity index (χ1v) is 8.28. The Morgan fingerprint density at radius 1 is 1.38 bits per heavy atom. The maximum atomic E-state index is 13.8. The van der Waals surface area contributed by atoms with Crippen molar-refractivity contribution in [3.8, 4) is 0 Å². The molecule has 4 nitrogen and oxygen atoms in total. The topological polar surface area (TPSA) is 52.6 Å². The largest absolute Gasteiger partial charge is 0.463 e. The summed E-state index contributed by atoms with van der Waals surface area (Å²) in [5, 5.41) is 0.139. The van der Waals surface area contributed by atoms with Crippen LogP contribution in [0.2, 0.25) is 5.02 Å². The van der Waals surface area contributed by atoms with Crippen LogP contribution in [0.15, 0.2) is 30.4 Å². The molecule has 1 aliphatic rings. The molecule has 0 saturated heterocycles. The lowest BCUT2D eigenvalue weighted by atomic mass is 9.80. The van der Waals surface area contributed by atoms with Crippen molar-refractivity contribution in [2.45, 2.75) is 44.6 Å². The van der Waals surface area contributed by atoms with E-state index in [4.69, 9.17) is 21.1 Å². The van der Waals surface area contributed by atoms with Gasteiger partial charge in [-0.05, 0) is 43.9 Å². The predicted molar refractivity (Wildman–Crippen MR) is 88.2 cm³/mol. The molecule has 24 heavy (non-hydrogen) atoms. The Labute approximate surface area is 145 Å². The first kappa shape index (κ1) is 18.5. The van der Waals surface area contributed by atoms with Crippen LogP contribution in [-0.2, 0) is 25.5 Å². The Morgan fingerprint density at radius 2 is 2.12 bits per heavy atom. The molecule has 0 spiro atoms. The van der Waals surface area contributed by atoms with Crippen LogP contribution in [0.5, 0.6) is 0 Å². The van der Waals surface area contributed by atoms with Gasteiger partial charge in [-0.1, -0.05) is 24.2 Å². The minimum atomic E-state index is -1.48. The third kappa shape index (κ3) is 3.78. The third-order valence-electron chi connectivity index (χ3n) is 4.10. The summed E-state index contributed by atoms with van der Waals surface area (Å²) < 4.78 is 24.4. The molecular formula is C18H20ClFO4. The molecule has 1 saturated carbocycles. The van der Waals surface area contributed by atoms with Gasteiger partial charge in [-0.3, -0.25) is 4.79 Å². The fraction of sp³-hybridized carbons (Fsp3) is 0.444. The summed E-state index contributed by atoms with van der Waals surface area (Å²) in [5.41, 5.74) is -0.923. The molecule has 1 fully saturated rings. The molecule has 1 unspecified atom stereocenters. The van der Waals surface area contributed by atoms with E-state index in [1.165, 1.54) is 18.2 Å². The number of rotatable bonds is 5. The molecule has 1 atom stereocenters. The molecule has 130 valence electrons. The Morgan fingerprint density at radius 3 is 2.75 bits per heavy atom. The second-order valence-corrected chi connectivity index (χ2v) is 6.12. The summed E-state index contributed by atoms with van der Waals surface area (Å²) in [4.78, 5) is 24.7. The van der Waals surface area contributed by atoms with Crippen LogP contribution < -0.4 is 0 Å². The summed E-state index contributed by atoms with van der Waals surface area (Å²) >= 11 is 5.94. The Balaban J connectivity index is 2.22. The van der Waals surface area contributed by atoms with Crippen LogP contribution in [0.3, 0.4) is 0 Å². The van der Waals surface area contributed by atoms with Crippen molar-refractivity contribution in [1.29, 1.82) is 0 Å². The van der Waals surface area contributed by atoms with Gasteiger partial charge in [-0.2, -0.15) is 0 Å². The predicted octanol–water partition coefficient (Wildman–Crippen LogP) is 4.00. The Kier molecular flexibility index (Phi) is 5.99. The lowest BCUT2D eigenvalue weighted by molar-refractivity contribution is -0.179. The van der Waals surface area contributed by atoms with Gasteiger partial charge < -0.3 is 9.47 Å². The van der Waals surface area contributed by atoms with Crippen molar-refractivity contribution in [3.05, 3.63) is 46.8 Å². The quantitative estimate of drug-likeness (QED) is 0.592. The molecule has 0 amide bonds. The minimum absolute atomic E-state index is 0.0459. The summed E-state index contributed by atoms with van der Waals surface area (Å²) in [5.74, 6) is -1.95. The molecule has 2 rings (SSSR count). The minimum Gasteiger partial charge on any atom is -0.463 e. The summed E-state index contributed by atoms with van der Waals surface area (Å²) in [6, 6.07) is 4.17. The first-order valence-electron chi connectivity index (χ1n) is 7.91. The highest BCUT2D eigenvalue weighted by atomic mass is 35.5. The number of hydrogen-bond donors (Lipinski definition) is 0. The van der Waals surface area contributed by atoms with Crippen molar-refractivity contribution in [3.63, 3.8) is 0 Å². The fourth-order valence-corrected chi connectivity index (χ4v) is 3.06. The number of hydrogen-bond acceptors (Lipinski definition) is 4. The summed E-state index contributed by atoms with van der Waals surface area (Å²) in [6.45, 7) is 5.74. The van der Waals surface area contributed by atoms with Gasteiger partial charge in [0.2, 0.25) is 5.60 Å². The third-order valence-corrected chi connectivity index (χ3v) is 4.46. The average Bonchev–Trinajstić information content (AvgIpc) is 2.53. The fourth-order valence-electron chi connectivity index (χ4n) is 2.83. The standard InChI is InChI=1S/C18H20ClFO4/c1-3-23-17(22)18(10-5-4-7-12(18)2)24-16(21)11-13-14(19)8-6-9-15(13)20/h6,8-9H,2-5,7,10-11H2,1H3. The molecule has 0 N–H and O–H groups in total. The lowest BCUT2D eigenvalue weighted by Crippen LogP contribution is -2.48. The van der Waals surface area contributed by atoms with Crippen LogP contribution in [-0.4, -0.2) is 24.1 Å². The van der Waals surface area contributed by atoms with Gasteiger partial charge >= 0.3 is 11.9 Å². The maximum absolute atomic E-state index is 13.8. The van der Waals surface area contributed by atoms with E-state index in [0.717, 1.165) is 6.42 Å². The lowest BCUT2D eigenvalue weighted by Gasteiger charge is -2.36. The Bertz CT molecular complexity index is 638. The van der Waals surface area contributed by atoms with Crippen molar-refractivity contribution in [2.75, 3.05) is 6.61 Å². The number of carbonyl (C=O) groups excluding carboxylic acids is 2. The van der Waals surface area contributed by atoms with Gasteiger partial charge in [-0.25, -0.2) is 9.18 Å². The van der Waals surface area contributed by atoms with Crippen molar-refractivity contribution >= 4 is 23.5 Å². The maximum Gasteiger partial charge on any atom is 0.355 e. The first-order chi connectivity index (χ1) is 11.4. The SMILES string of the molecule is C=C1CCCCC1(OC(=O)Cc1c(F)cccc1Cl)C(=O)OCC. The van der Waals surface area contributed by atoms with E-state index in [1.54, 1.807) is 6.92 Å². The second kappa shape index (κ2) is 7.79. The molecule has 1 aromatic carbocycles. The number of halogens is 2. The van der Waals surface area contributed by atoms with E-state index in [2.05, 4.69) is 6.58 Å². The van der Waals surface area contributed by atoms with Crippen molar-refractivity contribution < 1.29 is 23.5 Å². The van der Waals surface area contributed by atoms with E-state index < -0.39 is 23.4 Å². The molecule has 6 heteroatoms. The van der Waals surface area contributed by atoms with Crippen LogP contribution in [0.4, 0.5) is 4.39 Å². The highest BCUT2D eigenvalue weighted by Gasteiger charge is 2.47. The van der Waals surface area contributed by atoms with Crippen molar-refractivity contribution in [2.24, 2.45) is 0 Å². The number of carbonyl (C=O) groups is 2. The van der Waals surface area contributed by atoms with Gasteiger partial charge in [0, 0.05) is 17.0 Å². The van der Waals surface area contributed by atoms with Crippen molar-refractivity contribution in [1.82, 2.24) is 0 Å². The summed E-state index contributed by atoms with van der Waals surface area (Å²) in [7, 11) is 0. The second-order valence-electron chi connectivity index (χ2n) is 5.71. The van der Waals surface area contributed by atoms with E-state index in [1.807, 2.05) is 0 Å². The van der Waals surface area contributed by atoms with Crippen LogP contribution >= 0.6 is 11.6 Å². The van der Waals surface area contributed by atoms with Crippen LogP contribution in [0, 0.1) is 5.82 Å². The number of benzene rings is 1. The van der Waals surface area contributed by atoms with E-state index >= 15 is 0 Å². The molecule has 0 radical (unpaired) electrons. The average molecular weight is 355 g/mol. The zero-order chi connectivity index (χ0) is 17.7. The van der Waals surface area contributed by atoms with E-state index in [9.17, 15) is 14.0 Å². The van der Waals surface area contributed by atoms with E-state index in [0.29, 0.717) is 24.8 Å². The Hall–Kier alpha value is -1.88. The van der Waals surface area contributed by atoms with Gasteiger partial charge in [0.25, 0.3) is 0 Å². The highest BCUT2D eigenvalue weighted by Crippen LogP contribution is 2.37. The molecule has 0 heterocycles. The molecule has 0 bridgehead atoms. The number of ether oxygens (including phenoxy) is 2. The van der Waals surface area contributed by atoms with Gasteiger partial charge in [0.1, 0.15) is 5.82 Å². The highest BCUT2D eigenvalue weighted by molar-refractivity contribution is 6.31. The monoisotopic (exact) mass is 354 g/mol.